The van der Waals surface area contributed by atoms with Gasteiger partial charge in [-0.05, 0) is 36.2 Å². The Hall–Kier alpha value is -0.950. The summed E-state index contributed by atoms with van der Waals surface area (Å²) >= 11 is 1.66. The van der Waals surface area contributed by atoms with Crippen LogP contribution in [0.15, 0.2) is 16.8 Å². The molecule has 0 radical (unpaired) electrons. The fourth-order valence-corrected chi connectivity index (χ4v) is 3.54. The van der Waals surface area contributed by atoms with Crippen molar-refractivity contribution < 1.29 is 9.90 Å². The van der Waals surface area contributed by atoms with Gasteiger partial charge in [-0.2, -0.15) is 11.3 Å². The van der Waals surface area contributed by atoms with E-state index in [1.165, 1.54) is 5.56 Å². The van der Waals surface area contributed by atoms with Crippen molar-refractivity contribution in [3.8, 4) is 0 Å². The third-order valence-corrected chi connectivity index (χ3v) is 4.86. The molecule has 6 heteroatoms. The number of carbonyl (C=O) groups excluding carboxylic acids is 1. The summed E-state index contributed by atoms with van der Waals surface area (Å²) in [6, 6.07) is 2.43. The molecule has 1 N–H and O–H groups in total. The molecule has 0 saturated carbocycles. The van der Waals surface area contributed by atoms with E-state index in [1.54, 1.807) is 16.2 Å². The van der Waals surface area contributed by atoms with Crippen LogP contribution < -0.4 is 0 Å². The normalized spacial score (nSPS) is 21.7. The summed E-state index contributed by atoms with van der Waals surface area (Å²) in [5.74, 6) is 0.169. The van der Waals surface area contributed by atoms with E-state index in [0.717, 1.165) is 19.6 Å². The van der Waals surface area contributed by atoms with Crippen LogP contribution in [-0.4, -0.2) is 77.6 Å². The van der Waals surface area contributed by atoms with Crippen molar-refractivity contribution in [3.63, 3.8) is 0 Å². The van der Waals surface area contributed by atoms with Crippen molar-refractivity contribution in [2.45, 2.75) is 32.5 Å². The SMILES string of the molecule is C[C@@H]1CN(CC(=O)N(C)Cc2ccsc2)CCN1C[C@@H](C)O. The van der Waals surface area contributed by atoms with Crippen molar-refractivity contribution in [3.05, 3.63) is 22.4 Å². The van der Waals surface area contributed by atoms with Crippen LogP contribution in [0.1, 0.15) is 19.4 Å². The lowest BCUT2D eigenvalue weighted by molar-refractivity contribution is -0.132. The number of hydrogen-bond donors (Lipinski definition) is 1. The topological polar surface area (TPSA) is 47.0 Å². The van der Waals surface area contributed by atoms with Gasteiger partial charge in [0.25, 0.3) is 0 Å². The highest BCUT2D eigenvalue weighted by atomic mass is 32.1. The summed E-state index contributed by atoms with van der Waals surface area (Å²) in [7, 11) is 1.87. The molecule has 0 bridgehead atoms. The van der Waals surface area contributed by atoms with E-state index < -0.39 is 0 Å². The Morgan fingerprint density at radius 3 is 2.91 bits per heavy atom. The average molecular weight is 325 g/mol. The van der Waals surface area contributed by atoms with Gasteiger partial charge in [0.05, 0.1) is 12.6 Å². The predicted molar refractivity (Wildman–Crippen MR) is 89.9 cm³/mol. The second-order valence-corrected chi connectivity index (χ2v) is 7.09. The summed E-state index contributed by atoms with van der Waals surface area (Å²) in [6.45, 7) is 8.53. The highest BCUT2D eigenvalue weighted by Crippen LogP contribution is 2.12. The van der Waals surface area contributed by atoms with Gasteiger partial charge in [-0.3, -0.25) is 14.6 Å². The van der Waals surface area contributed by atoms with Crippen LogP contribution in [0, 0.1) is 0 Å². The summed E-state index contributed by atoms with van der Waals surface area (Å²) in [6.07, 6.45) is -0.299. The first-order valence-corrected chi connectivity index (χ1v) is 8.79. The zero-order valence-electron chi connectivity index (χ0n) is 13.7. The van der Waals surface area contributed by atoms with E-state index in [4.69, 9.17) is 0 Å². The third kappa shape index (κ3) is 5.05. The van der Waals surface area contributed by atoms with Gasteiger partial charge in [0.1, 0.15) is 0 Å². The van der Waals surface area contributed by atoms with Gasteiger partial charge in [-0.25, -0.2) is 0 Å². The van der Waals surface area contributed by atoms with E-state index in [9.17, 15) is 9.90 Å². The van der Waals surface area contributed by atoms with Gasteiger partial charge < -0.3 is 10.0 Å². The molecule has 1 aliphatic heterocycles. The van der Waals surface area contributed by atoms with E-state index in [1.807, 2.05) is 19.4 Å². The van der Waals surface area contributed by atoms with Crippen LogP contribution in [-0.2, 0) is 11.3 Å². The number of amides is 1. The van der Waals surface area contributed by atoms with Gasteiger partial charge in [0, 0.05) is 45.8 Å². The van der Waals surface area contributed by atoms with Gasteiger partial charge in [-0.15, -0.1) is 0 Å². The molecule has 0 aromatic carbocycles. The van der Waals surface area contributed by atoms with Crippen LogP contribution in [0.4, 0.5) is 0 Å². The predicted octanol–water partition coefficient (Wildman–Crippen LogP) is 1.09. The van der Waals surface area contributed by atoms with Crippen molar-refractivity contribution in [2.24, 2.45) is 0 Å². The molecular weight excluding hydrogens is 298 g/mol. The Morgan fingerprint density at radius 1 is 1.55 bits per heavy atom. The van der Waals surface area contributed by atoms with Crippen molar-refractivity contribution >= 4 is 17.2 Å². The highest BCUT2D eigenvalue weighted by molar-refractivity contribution is 7.07. The van der Waals surface area contributed by atoms with Crippen molar-refractivity contribution in [2.75, 3.05) is 39.8 Å². The van der Waals surface area contributed by atoms with Gasteiger partial charge in [-0.1, -0.05) is 0 Å². The lowest BCUT2D eigenvalue weighted by atomic mass is 10.1. The minimum absolute atomic E-state index is 0.169. The van der Waals surface area contributed by atoms with Crippen LogP contribution in [0.25, 0.3) is 0 Å². The summed E-state index contributed by atoms with van der Waals surface area (Å²) in [4.78, 5) is 18.6. The fraction of sp³-hybridized carbons (Fsp3) is 0.688. The maximum absolute atomic E-state index is 12.3. The van der Waals surface area contributed by atoms with Gasteiger partial charge in [0.2, 0.25) is 5.91 Å². The van der Waals surface area contributed by atoms with E-state index in [2.05, 4.69) is 28.2 Å². The molecule has 1 saturated heterocycles. The highest BCUT2D eigenvalue weighted by Gasteiger charge is 2.26. The first-order chi connectivity index (χ1) is 10.5. The van der Waals surface area contributed by atoms with Crippen molar-refractivity contribution in [1.82, 2.24) is 14.7 Å². The van der Waals surface area contributed by atoms with E-state index in [0.29, 0.717) is 25.7 Å². The number of piperazine rings is 1. The summed E-state index contributed by atoms with van der Waals surface area (Å²) in [5.41, 5.74) is 1.19. The molecule has 1 aromatic rings. The molecule has 1 aliphatic rings. The van der Waals surface area contributed by atoms with Crippen molar-refractivity contribution in [1.29, 1.82) is 0 Å². The smallest absolute Gasteiger partial charge is 0.236 e. The first-order valence-electron chi connectivity index (χ1n) is 7.85. The molecule has 0 spiro atoms. The largest absolute Gasteiger partial charge is 0.392 e. The molecule has 2 atom stereocenters. The minimum Gasteiger partial charge on any atom is -0.392 e. The summed E-state index contributed by atoms with van der Waals surface area (Å²) < 4.78 is 0. The van der Waals surface area contributed by atoms with Crippen LogP contribution in [0.3, 0.4) is 0 Å². The van der Waals surface area contributed by atoms with Crippen LogP contribution in [0.5, 0.6) is 0 Å². The lowest BCUT2D eigenvalue weighted by Gasteiger charge is -2.40. The van der Waals surface area contributed by atoms with Crippen LogP contribution in [0.2, 0.25) is 0 Å². The molecule has 124 valence electrons. The maximum atomic E-state index is 12.3. The molecule has 2 rings (SSSR count). The molecule has 5 nitrogen and oxygen atoms in total. The number of hydrogen-bond acceptors (Lipinski definition) is 5. The standard InChI is InChI=1S/C16H27N3O2S/c1-13-8-18(5-6-19(13)9-14(2)20)11-16(21)17(3)10-15-4-7-22-12-15/h4,7,12-14,20H,5-6,8-11H2,1-3H3/t13-,14-/m1/s1. The number of carbonyl (C=O) groups is 1. The summed E-state index contributed by atoms with van der Waals surface area (Å²) in [5, 5.41) is 13.6. The molecule has 1 fully saturated rings. The first kappa shape index (κ1) is 17.4. The van der Waals surface area contributed by atoms with E-state index in [-0.39, 0.29) is 12.0 Å². The van der Waals surface area contributed by atoms with Gasteiger partial charge >= 0.3 is 0 Å². The maximum Gasteiger partial charge on any atom is 0.236 e. The number of nitrogens with zero attached hydrogens (tertiary/aromatic N) is 3. The monoisotopic (exact) mass is 325 g/mol. The molecule has 2 heterocycles. The second kappa shape index (κ2) is 8.06. The Labute approximate surface area is 137 Å². The molecule has 22 heavy (non-hydrogen) atoms. The number of β-amino-alcohol motifs (C(OH)–C–C–N with tert-alkyl or cyclic N) is 1. The zero-order chi connectivity index (χ0) is 16.1. The Bertz CT molecular complexity index is 464. The second-order valence-electron chi connectivity index (χ2n) is 6.31. The molecule has 1 amide bonds. The Morgan fingerprint density at radius 2 is 2.32 bits per heavy atom. The number of rotatable bonds is 6. The van der Waals surface area contributed by atoms with Gasteiger partial charge in [0.15, 0.2) is 0 Å². The molecular formula is C16H27N3O2S. The molecule has 0 unspecified atom stereocenters. The number of aliphatic hydroxyl groups excluding tert-OH is 1. The lowest BCUT2D eigenvalue weighted by Crippen LogP contribution is -2.55. The quantitative estimate of drug-likeness (QED) is 0.851. The number of aliphatic hydroxyl groups is 1. The number of thiophene rings is 1. The molecule has 0 aliphatic carbocycles. The minimum atomic E-state index is -0.299. The Balaban J connectivity index is 1.78. The number of likely N-dealkylation sites (N-methyl/N-ethyl adjacent to an activating group) is 1. The average Bonchev–Trinajstić information content (AvgIpc) is 2.94. The zero-order valence-corrected chi connectivity index (χ0v) is 14.6. The van der Waals surface area contributed by atoms with E-state index >= 15 is 0 Å². The molecule has 1 aromatic heterocycles. The van der Waals surface area contributed by atoms with Crippen LogP contribution >= 0.6 is 11.3 Å². The fourth-order valence-electron chi connectivity index (χ4n) is 2.88. The Kier molecular flexibility index (Phi) is 6.37. The third-order valence-electron chi connectivity index (χ3n) is 4.13.